The van der Waals surface area contributed by atoms with Crippen LogP contribution in [0.4, 0.5) is 20.2 Å². The maximum Gasteiger partial charge on any atom is 0.147 e. The molecule has 0 amide bonds. The molecule has 0 bridgehead atoms. The molecule has 1 aliphatic rings. The molecule has 1 saturated heterocycles. The summed E-state index contributed by atoms with van der Waals surface area (Å²) in [6.45, 7) is 3.73. The predicted octanol–water partition coefficient (Wildman–Crippen LogP) is 5.28. The molecule has 0 spiro atoms. The second-order valence-corrected chi connectivity index (χ2v) is 6.12. The van der Waals surface area contributed by atoms with E-state index in [4.69, 9.17) is 11.6 Å². The summed E-state index contributed by atoms with van der Waals surface area (Å²) in [4.78, 5) is 6.32. The molecular weight excluding hydrogens is 318 g/mol. The van der Waals surface area contributed by atoms with E-state index in [2.05, 4.69) is 9.89 Å². The van der Waals surface area contributed by atoms with E-state index in [1.165, 1.54) is 24.3 Å². The number of nitrogens with zero attached hydrogens (tertiary/aromatic N) is 2. The van der Waals surface area contributed by atoms with Crippen molar-refractivity contribution in [1.82, 2.24) is 0 Å². The fourth-order valence-electron chi connectivity index (χ4n) is 2.73. The summed E-state index contributed by atoms with van der Waals surface area (Å²) >= 11 is 5.73. The van der Waals surface area contributed by atoms with Crippen molar-refractivity contribution in [2.75, 3.05) is 18.0 Å². The Balaban J connectivity index is 1.86. The van der Waals surface area contributed by atoms with E-state index in [0.717, 1.165) is 31.5 Å². The first-order valence-electron chi connectivity index (χ1n) is 7.59. The molecule has 2 aromatic rings. The minimum Gasteiger partial charge on any atom is -0.369 e. The van der Waals surface area contributed by atoms with Crippen LogP contribution in [0, 0.1) is 18.6 Å². The first-order chi connectivity index (χ1) is 11.0. The highest BCUT2D eigenvalue weighted by Gasteiger charge is 2.17. The van der Waals surface area contributed by atoms with Gasteiger partial charge in [0.15, 0.2) is 0 Å². The molecule has 0 aromatic heterocycles. The topological polar surface area (TPSA) is 15.6 Å². The van der Waals surface area contributed by atoms with Gasteiger partial charge in [0.2, 0.25) is 0 Å². The van der Waals surface area contributed by atoms with Crippen LogP contribution in [-0.4, -0.2) is 19.3 Å². The van der Waals surface area contributed by atoms with Crippen LogP contribution in [0.5, 0.6) is 0 Å². The number of rotatable bonds is 3. The molecule has 0 unspecified atom stereocenters. The average molecular weight is 335 g/mol. The van der Waals surface area contributed by atoms with Gasteiger partial charge in [-0.05, 0) is 61.2 Å². The van der Waals surface area contributed by atoms with Crippen LogP contribution in [0.1, 0.15) is 24.0 Å². The Morgan fingerprint density at radius 1 is 1.09 bits per heavy atom. The summed E-state index contributed by atoms with van der Waals surface area (Å²) in [5.41, 5.74) is 2.83. The van der Waals surface area contributed by atoms with Gasteiger partial charge in [-0.15, -0.1) is 0 Å². The number of halogens is 3. The molecule has 0 N–H and O–H groups in total. The minimum atomic E-state index is -0.484. The number of hydrogen-bond acceptors (Lipinski definition) is 2. The highest BCUT2D eigenvalue weighted by Crippen LogP contribution is 2.27. The molecule has 1 heterocycles. The summed E-state index contributed by atoms with van der Waals surface area (Å²) in [7, 11) is 0. The standard InChI is InChI=1S/C18H17ClF2N2/c1-12-8-18(23-6-2-3-7-23)17(21)9-13(12)11-22-14-4-5-16(20)15(19)10-14/h4-5,8-11H,2-3,6-7H2,1H3. The molecule has 2 nitrogen and oxygen atoms in total. The quantitative estimate of drug-likeness (QED) is 0.697. The van der Waals surface area contributed by atoms with E-state index in [0.29, 0.717) is 16.9 Å². The van der Waals surface area contributed by atoms with E-state index >= 15 is 0 Å². The Kier molecular flexibility index (Phi) is 4.62. The van der Waals surface area contributed by atoms with Crippen LogP contribution in [0.2, 0.25) is 5.02 Å². The van der Waals surface area contributed by atoms with Crippen molar-refractivity contribution >= 4 is 29.2 Å². The Morgan fingerprint density at radius 3 is 2.52 bits per heavy atom. The summed E-state index contributed by atoms with van der Waals surface area (Å²) in [6.07, 6.45) is 3.79. The first kappa shape index (κ1) is 15.9. The zero-order valence-corrected chi connectivity index (χ0v) is 13.6. The third-order valence-electron chi connectivity index (χ3n) is 4.04. The third-order valence-corrected chi connectivity index (χ3v) is 4.33. The van der Waals surface area contributed by atoms with Crippen LogP contribution in [0.3, 0.4) is 0 Å². The Labute approximate surface area is 139 Å². The molecule has 0 aliphatic carbocycles. The first-order valence-corrected chi connectivity index (χ1v) is 7.96. The van der Waals surface area contributed by atoms with Crippen molar-refractivity contribution in [3.8, 4) is 0 Å². The van der Waals surface area contributed by atoms with E-state index < -0.39 is 5.82 Å². The zero-order valence-electron chi connectivity index (χ0n) is 12.8. The van der Waals surface area contributed by atoms with Crippen molar-refractivity contribution in [3.63, 3.8) is 0 Å². The Hall–Kier alpha value is -1.94. The van der Waals surface area contributed by atoms with Gasteiger partial charge >= 0.3 is 0 Å². The zero-order chi connectivity index (χ0) is 16.4. The van der Waals surface area contributed by atoms with Crippen LogP contribution >= 0.6 is 11.6 Å². The summed E-state index contributed by atoms with van der Waals surface area (Å²) in [5, 5.41) is 0.0203. The lowest BCUT2D eigenvalue weighted by Crippen LogP contribution is -2.19. The summed E-state index contributed by atoms with van der Waals surface area (Å²) < 4.78 is 27.5. The predicted molar refractivity (Wildman–Crippen MR) is 91.2 cm³/mol. The third kappa shape index (κ3) is 3.53. The minimum absolute atomic E-state index is 0.0203. The Bertz CT molecular complexity index is 753. The van der Waals surface area contributed by atoms with E-state index in [1.54, 1.807) is 6.21 Å². The van der Waals surface area contributed by atoms with Crippen molar-refractivity contribution < 1.29 is 8.78 Å². The molecule has 120 valence electrons. The largest absolute Gasteiger partial charge is 0.369 e. The lowest BCUT2D eigenvalue weighted by atomic mass is 10.1. The van der Waals surface area contributed by atoms with Crippen LogP contribution in [0.15, 0.2) is 35.3 Å². The summed E-state index contributed by atoms with van der Waals surface area (Å²) in [6, 6.07) is 7.59. The van der Waals surface area contributed by atoms with Crippen molar-refractivity contribution in [2.45, 2.75) is 19.8 Å². The van der Waals surface area contributed by atoms with Gasteiger partial charge in [0.25, 0.3) is 0 Å². The molecule has 1 aliphatic heterocycles. The molecule has 0 atom stereocenters. The SMILES string of the molecule is Cc1cc(N2CCCC2)c(F)cc1C=Nc1ccc(F)c(Cl)c1. The smallest absolute Gasteiger partial charge is 0.147 e. The number of benzene rings is 2. The van der Waals surface area contributed by atoms with Crippen LogP contribution in [-0.2, 0) is 0 Å². The van der Waals surface area contributed by atoms with E-state index in [-0.39, 0.29) is 10.8 Å². The molecule has 0 radical (unpaired) electrons. The van der Waals surface area contributed by atoms with Gasteiger partial charge in [-0.3, -0.25) is 4.99 Å². The second-order valence-electron chi connectivity index (χ2n) is 5.71. The number of hydrogen-bond donors (Lipinski definition) is 0. The van der Waals surface area contributed by atoms with Gasteiger partial charge < -0.3 is 4.90 Å². The van der Waals surface area contributed by atoms with Crippen LogP contribution < -0.4 is 4.90 Å². The molecule has 1 fully saturated rings. The monoisotopic (exact) mass is 334 g/mol. The second kappa shape index (κ2) is 6.67. The highest BCUT2D eigenvalue weighted by molar-refractivity contribution is 6.31. The highest BCUT2D eigenvalue weighted by atomic mass is 35.5. The van der Waals surface area contributed by atoms with Gasteiger partial charge in [-0.25, -0.2) is 8.78 Å². The average Bonchev–Trinajstić information content (AvgIpc) is 3.05. The molecular formula is C18H17ClF2N2. The van der Waals surface area contributed by atoms with Gasteiger partial charge in [-0.1, -0.05) is 11.6 Å². The van der Waals surface area contributed by atoms with Crippen LogP contribution in [0.25, 0.3) is 0 Å². The molecule has 2 aromatic carbocycles. The van der Waals surface area contributed by atoms with Gasteiger partial charge in [0.05, 0.1) is 16.4 Å². The molecule has 5 heteroatoms. The van der Waals surface area contributed by atoms with Crippen molar-refractivity contribution in [3.05, 3.63) is 58.1 Å². The molecule has 23 heavy (non-hydrogen) atoms. The molecule has 3 rings (SSSR count). The maximum absolute atomic E-state index is 14.4. The number of aliphatic imine (C=N–C) groups is 1. The van der Waals surface area contributed by atoms with Gasteiger partial charge in [0.1, 0.15) is 11.6 Å². The van der Waals surface area contributed by atoms with Gasteiger partial charge in [0, 0.05) is 19.3 Å². The fourth-order valence-corrected chi connectivity index (χ4v) is 2.91. The summed E-state index contributed by atoms with van der Waals surface area (Å²) in [5.74, 6) is -0.723. The normalized spacial score (nSPS) is 14.9. The van der Waals surface area contributed by atoms with E-state index in [1.807, 2.05) is 13.0 Å². The van der Waals surface area contributed by atoms with Crippen molar-refractivity contribution in [1.29, 1.82) is 0 Å². The number of anilines is 1. The fraction of sp³-hybridized carbons (Fsp3) is 0.278. The number of aryl methyl sites for hydroxylation is 1. The maximum atomic E-state index is 14.4. The lowest BCUT2D eigenvalue weighted by molar-refractivity contribution is 0.622. The van der Waals surface area contributed by atoms with E-state index in [9.17, 15) is 8.78 Å². The molecule has 0 saturated carbocycles. The Morgan fingerprint density at radius 2 is 1.83 bits per heavy atom. The van der Waals surface area contributed by atoms with Gasteiger partial charge in [-0.2, -0.15) is 0 Å². The van der Waals surface area contributed by atoms with Crippen molar-refractivity contribution in [2.24, 2.45) is 4.99 Å². The lowest BCUT2D eigenvalue weighted by Gasteiger charge is -2.19.